The van der Waals surface area contributed by atoms with E-state index >= 15 is 0 Å². The second-order valence-corrected chi connectivity index (χ2v) is 6.98. The average Bonchev–Trinajstić information content (AvgIpc) is 2.20. The molecule has 1 rings (SSSR count). The van der Waals surface area contributed by atoms with Gasteiger partial charge in [-0.3, -0.25) is 0 Å². The van der Waals surface area contributed by atoms with Crippen molar-refractivity contribution < 1.29 is 13.5 Å². The summed E-state index contributed by atoms with van der Waals surface area (Å²) in [6.07, 6.45) is 4.02. The first-order valence-corrected chi connectivity index (χ1v) is 7.70. The Morgan fingerprint density at radius 3 is 2.69 bits per heavy atom. The zero-order chi connectivity index (χ0) is 12.2. The van der Waals surface area contributed by atoms with Crippen molar-refractivity contribution in [3.05, 3.63) is 0 Å². The Morgan fingerprint density at radius 2 is 2.12 bits per heavy atom. The number of sulfonamides is 1. The Morgan fingerprint density at radius 1 is 1.44 bits per heavy atom. The molecule has 2 atom stereocenters. The number of hydrogen-bond donors (Lipinski definition) is 2. The van der Waals surface area contributed by atoms with E-state index in [4.69, 9.17) is 0 Å². The molecule has 0 aromatic carbocycles. The highest BCUT2D eigenvalue weighted by atomic mass is 32.2. The van der Waals surface area contributed by atoms with Gasteiger partial charge in [-0.2, -0.15) is 0 Å². The highest BCUT2D eigenvalue weighted by Crippen LogP contribution is 2.35. The smallest absolute Gasteiger partial charge is 0.211 e. The number of nitrogens with one attached hydrogen (secondary N) is 1. The van der Waals surface area contributed by atoms with E-state index in [2.05, 4.69) is 4.72 Å². The number of hydrogen-bond acceptors (Lipinski definition) is 3. The molecule has 0 aliphatic heterocycles. The highest BCUT2D eigenvalue weighted by Gasteiger charge is 2.35. The van der Waals surface area contributed by atoms with Crippen molar-refractivity contribution in [2.75, 3.05) is 12.3 Å². The van der Waals surface area contributed by atoms with E-state index in [9.17, 15) is 13.5 Å². The summed E-state index contributed by atoms with van der Waals surface area (Å²) in [5.41, 5.74) is -0.293. The van der Waals surface area contributed by atoms with Crippen LogP contribution in [0.1, 0.15) is 46.0 Å². The largest absolute Gasteiger partial charge is 0.393 e. The molecule has 0 bridgehead atoms. The molecular formula is C11H23NO3S. The van der Waals surface area contributed by atoms with Crippen molar-refractivity contribution in [2.24, 2.45) is 5.41 Å². The van der Waals surface area contributed by atoms with Crippen LogP contribution in [0.2, 0.25) is 0 Å². The second-order valence-electron chi connectivity index (χ2n) is 5.06. The summed E-state index contributed by atoms with van der Waals surface area (Å²) in [4.78, 5) is 0. The standard InChI is InChI=1S/C11H23NO3S/c1-3-8-16(14,15)12-9-11(2)7-5-4-6-10(11)13/h10,12-13H,3-9H2,1-2H3/t10-,11+/m1/s1. The molecule has 1 aliphatic rings. The molecule has 0 radical (unpaired) electrons. The van der Waals surface area contributed by atoms with Crippen LogP contribution in [-0.4, -0.2) is 31.9 Å². The molecule has 0 saturated heterocycles. The van der Waals surface area contributed by atoms with Gasteiger partial charge in [-0.1, -0.05) is 26.7 Å². The zero-order valence-electron chi connectivity index (χ0n) is 10.2. The van der Waals surface area contributed by atoms with Crippen LogP contribution in [0.15, 0.2) is 0 Å². The van der Waals surface area contributed by atoms with Crippen LogP contribution >= 0.6 is 0 Å². The molecule has 1 saturated carbocycles. The highest BCUT2D eigenvalue weighted by molar-refractivity contribution is 7.89. The van der Waals surface area contributed by atoms with Crippen LogP contribution in [0.4, 0.5) is 0 Å². The van der Waals surface area contributed by atoms with Gasteiger partial charge in [0, 0.05) is 12.0 Å². The fourth-order valence-corrected chi connectivity index (χ4v) is 3.43. The van der Waals surface area contributed by atoms with E-state index in [-0.39, 0.29) is 17.3 Å². The maximum absolute atomic E-state index is 11.5. The SMILES string of the molecule is CCCS(=O)(=O)NC[C@]1(C)CCCC[C@H]1O. The van der Waals surface area contributed by atoms with Gasteiger partial charge in [0.15, 0.2) is 0 Å². The number of aliphatic hydroxyl groups is 1. The van der Waals surface area contributed by atoms with E-state index in [1.54, 1.807) is 0 Å². The predicted octanol–water partition coefficient (Wildman–Crippen LogP) is 1.26. The molecule has 5 heteroatoms. The Hall–Kier alpha value is -0.130. The van der Waals surface area contributed by atoms with Crippen molar-refractivity contribution in [1.29, 1.82) is 0 Å². The van der Waals surface area contributed by atoms with E-state index in [0.717, 1.165) is 25.7 Å². The maximum atomic E-state index is 11.5. The minimum Gasteiger partial charge on any atom is -0.393 e. The van der Waals surface area contributed by atoms with Gasteiger partial charge in [0.25, 0.3) is 0 Å². The van der Waals surface area contributed by atoms with Crippen LogP contribution in [0, 0.1) is 5.41 Å². The van der Waals surface area contributed by atoms with E-state index in [1.165, 1.54) is 0 Å². The van der Waals surface area contributed by atoms with Crippen molar-refractivity contribution in [3.8, 4) is 0 Å². The number of rotatable bonds is 5. The maximum Gasteiger partial charge on any atom is 0.211 e. The van der Waals surface area contributed by atoms with Crippen LogP contribution in [0.5, 0.6) is 0 Å². The molecule has 96 valence electrons. The lowest BCUT2D eigenvalue weighted by molar-refractivity contribution is 0.00463. The fourth-order valence-electron chi connectivity index (χ4n) is 2.20. The third kappa shape index (κ3) is 3.71. The number of aliphatic hydroxyl groups excluding tert-OH is 1. The first-order chi connectivity index (χ1) is 7.40. The molecule has 1 aliphatic carbocycles. The lowest BCUT2D eigenvalue weighted by Gasteiger charge is -2.38. The van der Waals surface area contributed by atoms with Crippen molar-refractivity contribution in [2.45, 2.75) is 52.1 Å². The summed E-state index contributed by atoms with van der Waals surface area (Å²) in [7, 11) is -3.15. The Balaban J connectivity index is 2.53. The van der Waals surface area contributed by atoms with Gasteiger partial charge in [-0.15, -0.1) is 0 Å². The zero-order valence-corrected chi connectivity index (χ0v) is 11.0. The summed E-state index contributed by atoms with van der Waals surface area (Å²) >= 11 is 0. The molecule has 0 aromatic heterocycles. The average molecular weight is 249 g/mol. The Bertz CT molecular complexity index is 315. The van der Waals surface area contributed by atoms with Gasteiger partial charge in [-0.25, -0.2) is 13.1 Å². The quantitative estimate of drug-likeness (QED) is 0.771. The third-order valence-electron chi connectivity index (χ3n) is 3.45. The molecule has 1 fully saturated rings. The van der Waals surface area contributed by atoms with Gasteiger partial charge in [0.1, 0.15) is 0 Å². The Labute approximate surface area is 98.5 Å². The topological polar surface area (TPSA) is 66.4 Å². The molecule has 0 amide bonds. The lowest BCUT2D eigenvalue weighted by atomic mass is 9.73. The summed E-state index contributed by atoms with van der Waals surface area (Å²) in [6.45, 7) is 4.16. The minimum atomic E-state index is -3.15. The molecule has 0 unspecified atom stereocenters. The van der Waals surface area contributed by atoms with E-state index < -0.39 is 10.0 Å². The first kappa shape index (κ1) is 13.9. The molecule has 16 heavy (non-hydrogen) atoms. The molecule has 0 aromatic rings. The molecular weight excluding hydrogens is 226 g/mol. The van der Waals surface area contributed by atoms with Crippen LogP contribution in [0.3, 0.4) is 0 Å². The van der Waals surface area contributed by atoms with Crippen LogP contribution < -0.4 is 4.72 Å². The molecule has 4 nitrogen and oxygen atoms in total. The van der Waals surface area contributed by atoms with Crippen molar-refractivity contribution >= 4 is 10.0 Å². The van der Waals surface area contributed by atoms with Gasteiger partial charge >= 0.3 is 0 Å². The monoisotopic (exact) mass is 249 g/mol. The lowest BCUT2D eigenvalue weighted by Crippen LogP contribution is -2.45. The first-order valence-electron chi connectivity index (χ1n) is 6.05. The van der Waals surface area contributed by atoms with E-state index in [1.807, 2.05) is 13.8 Å². The molecule has 0 spiro atoms. The fraction of sp³-hybridized carbons (Fsp3) is 1.00. The normalized spacial score (nSPS) is 31.6. The van der Waals surface area contributed by atoms with Crippen molar-refractivity contribution in [3.63, 3.8) is 0 Å². The van der Waals surface area contributed by atoms with Crippen LogP contribution in [-0.2, 0) is 10.0 Å². The summed E-state index contributed by atoms with van der Waals surface area (Å²) in [5.74, 6) is 0.166. The van der Waals surface area contributed by atoms with Gasteiger partial charge in [0.2, 0.25) is 10.0 Å². The van der Waals surface area contributed by atoms with Gasteiger partial charge in [-0.05, 0) is 19.3 Å². The summed E-state index contributed by atoms with van der Waals surface area (Å²) in [6, 6.07) is 0. The van der Waals surface area contributed by atoms with E-state index in [0.29, 0.717) is 13.0 Å². The van der Waals surface area contributed by atoms with Crippen molar-refractivity contribution in [1.82, 2.24) is 4.72 Å². The molecule has 0 heterocycles. The third-order valence-corrected chi connectivity index (χ3v) is 4.98. The van der Waals surface area contributed by atoms with Gasteiger partial charge in [0.05, 0.1) is 11.9 Å². The summed E-state index contributed by atoms with van der Waals surface area (Å²) < 4.78 is 25.7. The second kappa shape index (κ2) is 5.47. The van der Waals surface area contributed by atoms with Crippen LogP contribution in [0.25, 0.3) is 0 Å². The minimum absolute atomic E-state index is 0.166. The Kier molecular flexibility index (Phi) is 4.76. The predicted molar refractivity (Wildman–Crippen MR) is 64.7 cm³/mol. The molecule has 2 N–H and O–H groups in total. The summed E-state index contributed by atoms with van der Waals surface area (Å²) in [5, 5.41) is 9.92. The van der Waals surface area contributed by atoms with Gasteiger partial charge < -0.3 is 5.11 Å².